The lowest BCUT2D eigenvalue weighted by atomic mass is 10.1. The van der Waals surface area contributed by atoms with Gasteiger partial charge in [-0.05, 0) is 25.1 Å². The third-order valence-electron chi connectivity index (χ3n) is 3.56. The van der Waals surface area contributed by atoms with Crippen molar-refractivity contribution in [1.82, 2.24) is 15.6 Å². The summed E-state index contributed by atoms with van der Waals surface area (Å²) in [5.74, 6) is 1.31. The van der Waals surface area contributed by atoms with Crippen LogP contribution in [0, 0.1) is 0 Å². The van der Waals surface area contributed by atoms with Crippen LogP contribution in [0.2, 0.25) is 0 Å². The molecule has 2 aromatic rings. The molecule has 130 valence electrons. The fourth-order valence-electron chi connectivity index (χ4n) is 2.41. The summed E-state index contributed by atoms with van der Waals surface area (Å²) in [6, 6.07) is 6.70. The number of rotatable bonds is 7. The summed E-state index contributed by atoms with van der Waals surface area (Å²) in [6.45, 7) is 2.21. The molecular weight excluding hydrogens is 308 g/mol. The van der Waals surface area contributed by atoms with E-state index in [0.29, 0.717) is 18.7 Å². The molecule has 2 rings (SSSR count). The van der Waals surface area contributed by atoms with Gasteiger partial charge in [0, 0.05) is 44.9 Å². The van der Waals surface area contributed by atoms with Crippen LogP contribution >= 0.6 is 0 Å². The molecule has 2 amide bonds. The van der Waals surface area contributed by atoms with Crippen LogP contribution in [-0.4, -0.2) is 36.3 Å². The van der Waals surface area contributed by atoms with E-state index in [0.717, 1.165) is 11.4 Å². The average molecular weight is 332 g/mol. The van der Waals surface area contributed by atoms with Crippen molar-refractivity contribution >= 4 is 11.8 Å². The minimum atomic E-state index is -0.742. The number of aliphatic hydroxyl groups is 1. The second-order valence-electron chi connectivity index (χ2n) is 5.88. The average Bonchev–Trinajstić information content (AvgIpc) is 3.07. The molecule has 0 spiro atoms. The van der Waals surface area contributed by atoms with E-state index >= 15 is 0 Å². The standard InChI is InChI=1S/C17H24N4O3/c1-12(10-14(22)15-7-5-9-24-15)20-17(23)19-11-13-6-4-8-18-16(13)21(2)3/h4-9,12,14,22H,10-11H2,1-3H3,(H2,19,20,23)/t12-,14+/m1/s1. The number of aromatic nitrogens is 1. The summed E-state index contributed by atoms with van der Waals surface area (Å²) in [7, 11) is 3.81. The summed E-state index contributed by atoms with van der Waals surface area (Å²) in [6.07, 6.45) is 2.86. The first kappa shape index (κ1) is 17.8. The third kappa shape index (κ3) is 4.99. The molecule has 0 bridgehead atoms. The van der Waals surface area contributed by atoms with E-state index in [4.69, 9.17) is 4.42 Å². The molecule has 0 saturated heterocycles. The Hall–Kier alpha value is -2.54. The van der Waals surface area contributed by atoms with Crippen LogP contribution < -0.4 is 15.5 Å². The Morgan fingerprint density at radius 1 is 1.38 bits per heavy atom. The normalized spacial score (nSPS) is 13.2. The van der Waals surface area contributed by atoms with Crippen molar-refractivity contribution in [2.75, 3.05) is 19.0 Å². The van der Waals surface area contributed by atoms with Crippen molar-refractivity contribution < 1.29 is 14.3 Å². The number of nitrogens with zero attached hydrogens (tertiary/aromatic N) is 2. The molecule has 0 aliphatic carbocycles. The van der Waals surface area contributed by atoms with Crippen molar-refractivity contribution in [2.24, 2.45) is 0 Å². The van der Waals surface area contributed by atoms with Crippen LogP contribution in [0.25, 0.3) is 0 Å². The van der Waals surface area contributed by atoms with E-state index in [1.807, 2.05) is 38.1 Å². The lowest BCUT2D eigenvalue weighted by Gasteiger charge is -2.19. The number of carbonyl (C=O) groups is 1. The maximum Gasteiger partial charge on any atom is 0.315 e. The number of urea groups is 1. The molecule has 2 atom stereocenters. The van der Waals surface area contributed by atoms with Gasteiger partial charge in [0.25, 0.3) is 0 Å². The molecular formula is C17H24N4O3. The number of hydrogen-bond acceptors (Lipinski definition) is 5. The summed E-state index contributed by atoms with van der Waals surface area (Å²) in [5.41, 5.74) is 0.931. The number of anilines is 1. The molecule has 0 aliphatic heterocycles. The summed E-state index contributed by atoms with van der Waals surface area (Å²) in [4.78, 5) is 18.2. The molecule has 0 saturated carbocycles. The van der Waals surface area contributed by atoms with E-state index < -0.39 is 6.10 Å². The third-order valence-corrected chi connectivity index (χ3v) is 3.56. The molecule has 0 fully saturated rings. The van der Waals surface area contributed by atoms with Gasteiger partial charge in [0.2, 0.25) is 0 Å². The van der Waals surface area contributed by atoms with E-state index in [-0.39, 0.29) is 12.1 Å². The second-order valence-corrected chi connectivity index (χ2v) is 5.88. The highest BCUT2D eigenvalue weighted by Crippen LogP contribution is 2.18. The molecule has 24 heavy (non-hydrogen) atoms. The quantitative estimate of drug-likeness (QED) is 0.722. The van der Waals surface area contributed by atoms with Gasteiger partial charge >= 0.3 is 6.03 Å². The van der Waals surface area contributed by atoms with Crippen LogP contribution in [0.15, 0.2) is 41.1 Å². The smallest absolute Gasteiger partial charge is 0.315 e. The highest BCUT2D eigenvalue weighted by molar-refractivity contribution is 5.74. The van der Waals surface area contributed by atoms with Gasteiger partial charge in [0.15, 0.2) is 0 Å². The molecule has 7 heteroatoms. The van der Waals surface area contributed by atoms with Crippen LogP contribution in [0.4, 0.5) is 10.6 Å². The van der Waals surface area contributed by atoms with Gasteiger partial charge in [-0.2, -0.15) is 0 Å². The van der Waals surface area contributed by atoms with Gasteiger partial charge in [-0.3, -0.25) is 0 Å². The Bertz CT molecular complexity index is 643. The van der Waals surface area contributed by atoms with Crippen LogP contribution in [0.3, 0.4) is 0 Å². The van der Waals surface area contributed by atoms with E-state index in [9.17, 15) is 9.90 Å². The number of carbonyl (C=O) groups excluding carboxylic acids is 1. The van der Waals surface area contributed by atoms with Crippen LogP contribution in [0.5, 0.6) is 0 Å². The van der Waals surface area contributed by atoms with E-state index in [1.165, 1.54) is 6.26 Å². The SMILES string of the molecule is C[C@H](C[C@H](O)c1ccco1)NC(=O)NCc1cccnc1N(C)C. The van der Waals surface area contributed by atoms with Crippen LogP contribution in [0.1, 0.15) is 30.8 Å². The molecule has 0 aliphatic rings. The van der Waals surface area contributed by atoms with Crippen molar-refractivity contribution in [3.63, 3.8) is 0 Å². The number of furan rings is 1. The summed E-state index contributed by atoms with van der Waals surface area (Å²) in [5, 5.41) is 15.6. The highest BCUT2D eigenvalue weighted by Gasteiger charge is 2.16. The Labute approximate surface area is 141 Å². The first-order valence-corrected chi connectivity index (χ1v) is 7.84. The lowest BCUT2D eigenvalue weighted by molar-refractivity contribution is 0.129. The second kappa shape index (κ2) is 8.35. The highest BCUT2D eigenvalue weighted by atomic mass is 16.4. The summed E-state index contributed by atoms with van der Waals surface area (Å²) >= 11 is 0. The number of aliphatic hydroxyl groups excluding tert-OH is 1. The molecule has 2 aromatic heterocycles. The number of nitrogens with one attached hydrogen (secondary N) is 2. The molecule has 2 heterocycles. The monoisotopic (exact) mass is 332 g/mol. The maximum atomic E-state index is 12.0. The van der Waals surface area contributed by atoms with E-state index in [2.05, 4.69) is 15.6 Å². The lowest BCUT2D eigenvalue weighted by Crippen LogP contribution is -2.41. The maximum absolute atomic E-state index is 12.0. The number of amides is 2. The first-order valence-electron chi connectivity index (χ1n) is 7.84. The minimum Gasteiger partial charge on any atom is -0.467 e. The number of pyridine rings is 1. The van der Waals surface area contributed by atoms with Crippen molar-refractivity contribution in [1.29, 1.82) is 0 Å². The molecule has 0 unspecified atom stereocenters. The van der Waals surface area contributed by atoms with Crippen molar-refractivity contribution in [2.45, 2.75) is 32.0 Å². The fourth-order valence-corrected chi connectivity index (χ4v) is 2.41. The Kier molecular flexibility index (Phi) is 6.20. The molecule has 3 N–H and O–H groups in total. The Morgan fingerprint density at radius 3 is 2.83 bits per heavy atom. The van der Waals surface area contributed by atoms with Gasteiger partial charge < -0.3 is 25.1 Å². The van der Waals surface area contributed by atoms with Gasteiger partial charge in [-0.15, -0.1) is 0 Å². The van der Waals surface area contributed by atoms with Crippen LogP contribution in [-0.2, 0) is 6.54 Å². The zero-order valence-electron chi connectivity index (χ0n) is 14.2. The fraction of sp³-hybridized carbons (Fsp3) is 0.412. The van der Waals surface area contributed by atoms with E-state index in [1.54, 1.807) is 18.3 Å². The predicted octanol–water partition coefficient (Wildman–Crippen LogP) is 2.05. The van der Waals surface area contributed by atoms with Crippen molar-refractivity contribution in [3.05, 3.63) is 48.0 Å². The predicted molar refractivity (Wildman–Crippen MR) is 91.7 cm³/mol. The number of hydrogen-bond donors (Lipinski definition) is 3. The summed E-state index contributed by atoms with van der Waals surface area (Å²) < 4.78 is 5.15. The largest absolute Gasteiger partial charge is 0.467 e. The topological polar surface area (TPSA) is 90.6 Å². The van der Waals surface area contributed by atoms with Gasteiger partial charge in [-0.1, -0.05) is 6.07 Å². The Balaban J connectivity index is 1.81. The minimum absolute atomic E-state index is 0.202. The van der Waals surface area contributed by atoms with Gasteiger partial charge in [-0.25, -0.2) is 9.78 Å². The van der Waals surface area contributed by atoms with Crippen molar-refractivity contribution in [3.8, 4) is 0 Å². The molecule has 7 nitrogen and oxygen atoms in total. The first-order chi connectivity index (χ1) is 11.5. The zero-order chi connectivity index (χ0) is 17.5. The Morgan fingerprint density at radius 2 is 2.17 bits per heavy atom. The van der Waals surface area contributed by atoms with Gasteiger partial charge in [0.05, 0.1) is 6.26 Å². The molecule has 0 aromatic carbocycles. The van der Waals surface area contributed by atoms with Gasteiger partial charge in [0.1, 0.15) is 17.7 Å². The molecule has 0 radical (unpaired) electrons. The zero-order valence-corrected chi connectivity index (χ0v) is 14.2.